The summed E-state index contributed by atoms with van der Waals surface area (Å²) >= 11 is 19.9. The number of hydrogen-bond donors (Lipinski definition) is 1. The number of thioether (sulfide) groups is 1. The van der Waals surface area contributed by atoms with Gasteiger partial charge in [-0.25, -0.2) is 0 Å². The van der Waals surface area contributed by atoms with Crippen LogP contribution in [0, 0.1) is 0 Å². The molecule has 0 aliphatic rings. The number of halogens is 3. The van der Waals surface area contributed by atoms with Crippen molar-refractivity contribution >= 4 is 58.4 Å². The molecule has 3 rings (SSSR count). The van der Waals surface area contributed by atoms with Crippen molar-refractivity contribution in [2.45, 2.75) is 51.1 Å². The van der Waals surface area contributed by atoms with E-state index in [1.807, 2.05) is 62.4 Å². The first-order chi connectivity index (χ1) is 17.8. The van der Waals surface area contributed by atoms with Gasteiger partial charge in [-0.1, -0.05) is 90.3 Å². The highest BCUT2D eigenvalue weighted by molar-refractivity contribution is 7.99. The molecule has 0 aliphatic heterocycles. The molecule has 8 heteroatoms. The van der Waals surface area contributed by atoms with E-state index < -0.39 is 6.04 Å². The molecule has 0 heterocycles. The summed E-state index contributed by atoms with van der Waals surface area (Å²) in [6.45, 7) is 4.28. The predicted molar refractivity (Wildman–Crippen MR) is 156 cm³/mol. The van der Waals surface area contributed by atoms with E-state index in [0.717, 1.165) is 23.1 Å². The first kappa shape index (κ1) is 29.4. The summed E-state index contributed by atoms with van der Waals surface area (Å²) in [6.07, 6.45) is 1.21. The lowest BCUT2D eigenvalue weighted by atomic mass is 10.0. The van der Waals surface area contributed by atoms with E-state index in [1.165, 1.54) is 11.8 Å². The SMILES string of the molecule is CC[C@@H](C)NC(=O)[C@@H](Cc1ccccc1)N(Cc1ccc(Cl)cc1)C(=O)CSCc1ccc(Cl)cc1Cl. The van der Waals surface area contributed by atoms with Crippen molar-refractivity contribution in [3.63, 3.8) is 0 Å². The Morgan fingerprint density at radius 3 is 2.24 bits per heavy atom. The molecule has 0 aliphatic carbocycles. The second-order valence-corrected chi connectivity index (χ2v) is 11.2. The van der Waals surface area contributed by atoms with Gasteiger partial charge < -0.3 is 10.2 Å². The highest BCUT2D eigenvalue weighted by atomic mass is 35.5. The Balaban J connectivity index is 1.85. The topological polar surface area (TPSA) is 49.4 Å². The summed E-state index contributed by atoms with van der Waals surface area (Å²) in [7, 11) is 0. The predicted octanol–water partition coefficient (Wildman–Crippen LogP) is 7.43. The largest absolute Gasteiger partial charge is 0.352 e. The van der Waals surface area contributed by atoms with E-state index in [1.54, 1.807) is 29.2 Å². The first-order valence-electron chi connectivity index (χ1n) is 12.2. The van der Waals surface area contributed by atoms with Crippen LogP contribution in [0.15, 0.2) is 72.8 Å². The maximum atomic E-state index is 13.7. The number of rotatable bonds is 12. The van der Waals surface area contributed by atoms with E-state index in [0.29, 0.717) is 33.8 Å². The van der Waals surface area contributed by atoms with Crippen LogP contribution in [-0.4, -0.2) is 34.6 Å². The van der Waals surface area contributed by atoms with Crippen LogP contribution < -0.4 is 5.32 Å². The number of nitrogens with one attached hydrogen (secondary N) is 1. The molecule has 0 bridgehead atoms. The zero-order valence-electron chi connectivity index (χ0n) is 20.9. The molecule has 0 spiro atoms. The second kappa shape index (κ2) is 14.7. The lowest BCUT2D eigenvalue weighted by Crippen LogP contribution is -2.52. The van der Waals surface area contributed by atoms with Crippen LogP contribution >= 0.6 is 46.6 Å². The lowest BCUT2D eigenvalue weighted by Gasteiger charge is -2.32. The third kappa shape index (κ3) is 9.26. The molecule has 3 aromatic rings. The van der Waals surface area contributed by atoms with E-state index >= 15 is 0 Å². The zero-order chi connectivity index (χ0) is 26.8. The Bertz CT molecular complexity index is 1180. The minimum atomic E-state index is -0.667. The van der Waals surface area contributed by atoms with Gasteiger partial charge in [0.25, 0.3) is 0 Å². The molecule has 0 saturated heterocycles. The van der Waals surface area contributed by atoms with Gasteiger partial charge in [0.2, 0.25) is 11.8 Å². The monoisotopic (exact) mass is 576 g/mol. The molecule has 0 aromatic heterocycles. The maximum absolute atomic E-state index is 13.7. The summed E-state index contributed by atoms with van der Waals surface area (Å²) in [5.74, 6) is 0.476. The van der Waals surface area contributed by atoms with Gasteiger partial charge in [0.05, 0.1) is 5.75 Å². The number of amides is 2. The quantitative estimate of drug-likeness (QED) is 0.243. The van der Waals surface area contributed by atoms with Crippen molar-refractivity contribution in [3.8, 4) is 0 Å². The summed E-state index contributed by atoms with van der Waals surface area (Å²) in [5.41, 5.74) is 2.79. The fourth-order valence-electron chi connectivity index (χ4n) is 3.75. The Hall–Kier alpha value is -2.18. The van der Waals surface area contributed by atoms with Gasteiger partial charge in [-0.3, -0.25) is 9.59 Å². The number of hydrogen-bond acceptors (Lipinski definition) is 3. The Morgan fingerprint density at radius 2 is 1.59 bits per heavy atom. The molecule has 0 fully saturated rings. The molecular formula is C29H31Cl3N2O2S. The standard InChI is InChI=1S/C29H31Cl3N2O2S/c1-3-20(2)33-29(36)27(15-21-7-5-4-6-8-21)34(17-22-9-12-24(30)13-10-22)28(35)19-37-18-23-11-14-25(31)16-26(23)32/h4-14,16,20,27H,3,15,17-19H2,1-2H3,(H,33,36)/t20-,27-/m1/s1. The Labute approximate surface area is 238 Å². The summed E-state index contributed by atoms with van der Waals surface area (Å²) in [5, 5.41) is 4.84. The third-order valence-corrected chi connectivity index (χ3v) is 7.84. The van der Waals surface area contributed by atoms with Gasteiger partial charge in [-0.05, 0) is 54.3 Å². The van der Waals surface area contributed by atoms with Crippen LogP contribution in [0.3, 0.4) is 0 Å². The van der Waals surface area contributed by atoms with Crippen LogP contribution in [0.4, 0.5) is 0 Å². The number of carbonyl (C=O) groups excluding carboxylic acids is 2. The summed E-state index contributed by atoms with van der Waals surface area (Å²) in [4.78, 5) is 28.9. The molecule has 0 unspecified atom stereocenters. The molecule has 37 heavy (non-hydrogen) atoms. The number of benzene rings is 3. The van der Waals surface area contributed by atoms with Crippen LogP contribution in [0.1, 0.15) is 37.0 Å². The minimum Gasteiger partial charge on any atom is -0.352 e. The molecule has 0 radical (unpaired) electrons. The highest BCUT2D eigenvalue weighted by Gasteiger charge is 2.30. The van der Waals surface area contributed by atoms with E-state index in [2.05, 4.69) is 5.32 Å². The van der Waals surface area contributed by atoms with Crippen LogP contribution in [0.5, 0.6) is 0 Å². The average molecular weight is 578 g/mol. The molecule has 4 nitrogen and oxygen atoms in total. The molecule has 1 N–H and O–H groups in total. The smallest absolute Gasteiger partial charge is 0.243 e. The van der Waals surface area contributed by atoms with Gasteiger partial charge in [-0.2, -0.15) is 0 Å². The highest BCUT2D eigenvalue weighted by Crippen LogP contribution is 2.25. The van der Waals surface area contributed by atoms with Crippen molar-refractivity contribution in [1.82, 2.24) is 10.2 Å². The maximum Gasteiger partial charge on any atom is 0.243 e. The van der Waals surface area contributed by atoms with Crippen molar-refractivity contribution in [2.24, 2.45) is 0 Å². The molecule has 2 atom stereocenters. The van der Waals surface area contributed by atoms with E-state index in [-0.39, 0.29) is 23.6 Å². The Kier molecular flexibility index (Phi) is 11.7. The molecule has 2 amide bonds. The zero-order valence-corrected chi connectivity index (χ0v) is 24.0. The van der Waals surface area contributed by atoms with Gasteiger partial charge in [-0.15, -0.1) is 11.8 Å². The third-order valence-electron chi connectivity index (χ3n) is 6.04. The average Bonchev–Trinajstić information content (AvgIpc) is 2.88. The van der Waals surface area contributed by atoms with Gasteiger partial charge in [0, 0.05) is 39.8 Å². The number of carbonyl (C=O) groups is 2. The molecule has 3 aromatic carbocycles. The van der Waals surface area contributed by atoms with E-state index in [4.69, 9.17) is 34.8 Å². The number of nitrogens with zero attached hydrogens (tertiary/aromatic N) is 1. The van der Waals surface area contributed by atoms with Crippen LogP contribution in [-0.2, 0) is 28.3 Å². The second-order valence-electron chi connectivity index (χ2n) is 8.90. The van der Waals surface area contributed by atoms with Crippen molar-refractivity contribution in [1.29, 1.82) is 0 Å². The van der Waals surface area contributed by atoms with Crippen molar-refractivity contribution in [2.75, 3.05) is 5.75 Å². The molecule has 196 valence electrons. The van der Waals surface area contributed by atoms with Crippen LogP contribution in [0.2, 0.25) is 15.1 Å². The molecule has 0 saturated carbocycles. The van der Waals surface area contributed by atoms with Crippen molar-refractivity contribution < 1.29 is 9.59 Å². The van der Waals surface area contributed by atoms with E-state index in [9.17, 15) is 9.59 Å². The fourth-order valence-corrected chi connectivity index (χ4v) is 5.35. The molecular weight excluding hydrogens is 547 g/mol. The fraction of sp³-hybridized carbons (Fsp3) is 0.310. The first-order valence-corrected chi connectivity index (χ1v) is 14.5. The minimum absolute atomic E-state index is 0.000297. The lowest BCUT2D eigenvalue weighted by molar-refractivity contribution is -0.139. The van der Waals surface area contributed by atoms with Gasteiger partial charge in [0.15, 0.2) is 0 Å². The van der Waals surface area contributed by atoms with Gasteiger partial charge >= 0.3 is 0 Å². The van der Waals surface area contributed by atoms with Crippen molar-refractivity contribution in [3.05, 3.63) is 105 Å². The Morgan fingerprint density at radius 1 is 0.919 bits per heavy atom. The van der Waals surface area contributed by atoms with Crippen LogP contribution in [0.25, 0.3) is 0 Å². The van der Waals surface area contributed by atoms with Gasteiger partial charge in [0.1, 0.15) is 6.04 Å². The summed E-state index contributed by atoms with van der Waals surface area (Å²) in [6, 6.07) is 21.8. The summed E-state index contributed by atoms with van der Waals surface area (Å²) < 4.78 is 0. The normalized spacial score (nSPS) is 12.6.